The highest BCUT2D eigenvalue weighted by Gasteiger charge is 2.09. The number of aromatic nitrogens is 2. The molecule has 20 heavy (non-hydrogen) atoms. The Morgan fingerprint density at radius 1 is 1.35 bits per heavy atom. The normalized spacial score (nSPS) is 10.8. The molecule has 2 rings (SSSR count). The van der Waals surface area contributed by atoms with E-state index in [2.05, 4.69) is 5.10 Å². The summed E-state index contributed by atoms with van der Waals surface area (Å²) in [6, 6.07) is 9.31. The van der Waals surface area contributed by atoms with Gasteiger partial charge >= 0.3 is 0 Å². The highest BCUT2D eigenvalue weighted by atomic mass is 16.5. The lowest BCUT2D eigenvalue weighted by Gasteiger charge is -2.10. The molecule has 0 radical (unpaired) electrons. The van der Waals surface area contributed by atoms with E-state index in [0.29, 0.717) is 18.4 Å². The summed E-state index contributed by atoms with van der Waals surface area (Å²) in [7, 11) is 1.89. The summed E-state index contributed by atoms with van der Waals surface area (Å²) in [5.74, 6) is 0.867. The van der Waals surface area contributed by atoms with Crippen LogP contribution < -0.4 is 4.74 Å². The van der Waals surface area contributed by atoms with Crippen molar-refractivity contribution in [2.75, 3.05) is 0 Å². The maximum absolute atomic E-state index is 12.2. The van der Waals surface area contributed by atoms with E-state index in [0.717, 1.165) is 11.4 Å². The molecule has 0 bridgehead atoms. The number of ketones is 1. The molecule has 4 heteroatoms. The molecule has 0 aliphatic rings. The predicted octanol–water partition coefficient (Wildman–Crippen LogP) is 3.02. The van der Waals surface area contributed by atoms with E-state index in [1.807, 2.05) is 51.2 Å². The molecule has 4 nitrogen and oxygen atoms in total. The van der Waals surface area contributed by atoms with Crippen LogP contribution in [0.5, 0.6) is 5.75 Å². The Labute approximate surface area is 119 Å². The first kappa shape index (κ1) is 14.3. The summed E-state index contributed by atoms with van der Waals surface area (Å²) >= 11 is 0. The number of benzene rings is 1. The predicted molar refractivity (Wildman–Crippen MR) is 78.1 cm³/mol. The SMILES string of the molecule is CC(C)Oc1cccc(C(=O)CCc2ccnn2C)c1. The number of carbonyl (C=O) groups excluding carboxylic acids is 1. The zero-order valence-electron chi connectivity index (χ0n) is 12.2. The summed E-state index contributed by atoms with van der Waals surface area (Å²) < 4.78 is 7.41. The van der Waals surface area contributed by atoms with Crippen molar-refractivity contribution in [3.05, 3.63) is 47.8 Å². The van der Waals surface area contributed by atoms with Crippen LogP contribution in [-0.2, 0) is 13.5 Å². The van der Waals surface area contributed by atoms with Gasteiger partial charge in [0.15, 0.2) is 5.78 Å². The van der Waals surface area contributed by atoms with E-state index in [9.17, 15) is 4.79 Å². The molecule has 0 unspecified atom stereocenters. The molecule has 1 aromatic heterocycles. The van der Waals surface area contributed by atoms with Gasteiger partial charge < -0.3 is 4.74 Å². The third-order valence-electron chi connectivity index (χ3n) is 3.06. The maximum atomic E-state index is 12.2. The first-order chi connectivity index (χ1) is 9.56. The van der Waals surface area contributed by atoms with E-state index in [-0.39, 0.29) is 11.9 Å². The molecule has 0 fully saturated rings. The Hall–Kier alpha value is -2.10. The third-order valence-corrected chi connectivity index (χ3v) is 3.06. The number of hydrogen-bond acceptors (Lipinski definition) is 3. The van der Waals surface area contributed by atoms with Crippen LogP contribution in [-0.4, -0.2) is 21.7 Å². The second kappa shape index (κ2) is 6.37. The molecule has 1 aromatic carbocycles. The van der Waals surface area contributed by atoms with Crippen LogP contribution in [0.4, 0.5) is 0 Å². The molecule has 0 saturated carbocycles. The smallest absolute Gasteiger partial charge is 0.163 e. The highest BCUT2D eigenvalue weighted by molar-refractivity contribution is 5.96. The summed E-state index contributed by atoms with van der Waals surface area (Å²) in [6.45, 7) is 3.94. The van der Waals surface area contributed by atoms with E-state index < -0.39 is 0 Å². The highest BCUT2D eigenvalue weighted by Crippen LogP contribution is 2.17. The van der Waals surface area contributed by atoms with Crippen molar-refractivity contribution in [2.24, 2.45) is 7.05 Å². The number of carbonyl (C=O) groups is 1. The van der Waals surface area contributed by atoms with Gasteiger partial charge in [0.2, 0.25) is 0 Å². The number of hydrogen-bond donors (Lipinski definition) is 0. The van der Waals surface area contributed by atoms with Crippen molar-refractivity contribution in [2.45, 2.75) is 32.8 Å². The average molecular weight is 272 g/mol. The molecule has 1 heterocycles. The molecule has 2 aromatic rings. The third kappa shape index (κ3) is 3.70. The minimum atomic E-state index is 0.106. The summed E-state index contributed by atoms with van der Waals surface area (Å²) in [5, 5.41) is 4.10. The van der Waals surface area contributed by atoms with Gasteiger partial charge in [-0.15, -0.1) is 0 Å². The molecule has 0 aliphatic carbocycles. The number of nitrogens with zero attached hydrogens (tertiary/aromatic N) is 2. The molecule has 0 spiro atoms. The van der Waals surface area contributed by atoms with Gasteiger partial charge in [-0.25, -0.2) is 0 Å². The van der Waals surface area contributed by atoms with Crippen molar-refractivity contribution in [3.63, 3.8) is 0 Å². The number of aryl methyl sites for hydroxylation is 2. The van der Waals surface area contributed by atoms with Crippen LogP contribution >= 0.6 is 0 Å². The number of Topliss-reactive ketones (excluding diaryl/α,β-unsaturated/α-hetero) is 1. The molecule has 0 saturated heterocycles. The van der Waals surface area contributed by atoms with Gasteiger partial charge in [0.05, 0.1) is 6.10 Å². The molecule has 0 aliphatic heterocycles. The van der Waals surface area contributed by atoms with Crippen molar-refractivity contribution >= 4 is 5.78 Å². The number of ether oxygens (including phenoxy) is 1. The fourth-order valence-electron chi connectivity index (χ4n) is 2.05. The van der Waals surface area contributed by atoms with Gasteiger partial charge in [0.1, 0.15) is 5.75 Å². The van der Waals surface area contributed by atoms with E-state index in [4.69, 9.17) is 4.74 Å². The van der Waals surface area contributed by atoms with E-state index in [1.165, 1.54) is 0 Å². The van der Waals surface area contributed by atoms with E-state index >= 15 is 0 Å². The molecule has 106 valence electrons. The van der Waals surface area contributed by atoms with Gasteiger partial charge in [-0.2, -0.15) is 5.10 Å². The van der Waals surface area contributed by atoms with Crippen LogP contribution in [0.25, 0.3) is 0 Å². The van der Waals surface area contributed by atoms with Crippen molar-refractivity contribution in [1.82, 2.24) is 9.78 Å². The largest absolute Gasteiger partial charge is 0.491 e. The van der Waals surface area contributed by atoms with Gasteiger partial charge in [-0.05, 0) is 38.5 Å². The maximum Gasteiger partial charge on any atom is 0.163 e. The number of rotatable bonds is 6. The second-order valence-corrected chi connectivity index (χ2v) is 5.06. The van der Waals surface area contributed by atoms with Gasteiger partial charge in [-0.3, -0.25) is 9.48 Å². The van der Waals surface area contributed by atoms with Crippen LogP contribution in [0, 0.1) is 0 Å². The minimum Gasteiger partial charge on any atom is -0.491 e. The zero-order chi connectivity index (χ0) is 14.5. The standard InChI is InChI=1S/C16H20N2O2/c1-12(2)20-15-6-4-5-13(11-15)16(19)8-7-14-9-10-17-18(14)3/h4-6,9-12H,7-8H2,1-3H3. The molecular weight excluding hydrogens is 252 g/mol. The van der Waals surface area contributed by atoms with E-state index in [1.54, 1.807) is 10.9 Å². The first-order valence-corrected chi connectivity index (χ1v) is 6.83. The lowest BCUT2D eigenvalue weighted by molar-refractivity contribution is 0.0981. The monoisotopic (exact) mass is 272 g/mol. The van der Waals surface area contributed by atoms with Crippen LogP contribution in [0.1, 0.15) is 36.3 Å². The molecule has 0 N–H and O–H groups in total. The topological polar surface area (TPSA) is 44.1 Å². The quantitative estimate of drug-likeness (QED) is 0.759. The average Bonchev–Trinajstić information content (AvgIpc) is 2.81. The molecule has 0 atom stereocenters. The summed E-state index contributed by atoms with van der Waals surface area (Å²) in [6.07, 6.45) is 3.03. The molecular formula is C16H20N2O2. The fourth-order valence-corrected chi connectivity index (χ4v) is 2.05. The minimum absolute atomic E-state index is 0.106. The Morgan fingerprint density at radius 3 is 2.80 bits per heavy atom. The zero-order valence-corrected chi connectivity index (χ0v) is 12.2. The Morgan fingerprint density at radius 2 is 2.15 bits per heavy atom. The van der Waals surface area contributed by atoms with Crippen molar-refractivity contribution in [1.29, 1.82) is 0 Å². The van der Waals surface area contributed by atoms with Crippen molar-refractivity contribution in [3.8, 4) is 5.75 Å². The fraction of sp³-hybridized carbons (Fsp3) is 0.375. The van der Waals surface area contributed by atoms with Gasteiger partial charge in [0.25, 0.3) is 0 Å². The van der Waals surface area contributed by atoms with Gasteiger partial charge in [-0.1, -0.05) is 12.1 Å². The summed E-state index contributed by atoms with van der Waals surface area (Å²) in [4.78, 5) is 12.2. The Balaban J connectivity index is 2.00. The Kier molecular flexibility index (Phi) is 4.56. The first-order valence-electron chi connectivity index (χ1n) is 6.83. The van der Waals surface area contributed by atoms with Gasteiger partial charge in [0, 0.05) is 30.9 Å². The lowest BCUT2D eigenvalue weighted by atomic mass is 10.1. The van der Waals surface area contributed by atoms with Crippen LogP contribution in [0.2, 0.25) is 0 Å². The van der Waals surface area contributed by atoms with Crippen LogP contribution in [0.15, 0.2) is 36.5 Å². The molecule has 0 amide bonds. The Bertz CT molecular complexity index is 588. The second-order valence-electron chi connectivity index (χ2n) is 5.06. The summed E-state index contributed by atoms with van der Waals surface area (Å²) in [5.41, 5.74) is 1.76. The van der Waals surface area contributed by atoms with Crippen molar-refractivity contribution < 1.29 is 9.53 Å². The lowest BCUT2D eigenvalue weighted by Crippen LogP contribution is -2.07. The van der Waals surface area contributed by atoms with Crippen LogP contribution in [0.3, 0.4) is 0 Å².